The third kappa shape index (κ3) is 4.16. The summed E-state index contributed by atoms with van der Waals surface area (Å²) in [6, 6.07) is 13.1. The van der Waals surface area contributed by atoms with Gasteiger partial charge in [0, 0.05) is 11.6 Å². The minimum absolute atomic E-state index is 0.154. The zero-order valence-electron chi connectivity index (χ0n) is 15.8. The maximum Gasteiger partial charge on any atom is 0.331 e. The van der Waals surface area contributed by atoms with Crippen LogP contribution in [0.5, 0.6) is 0 Å². The van der Waals surface area contributed by atoms with Gasteiger partial charge in [0.2, 0.25) is 0 Å². The quantitative estimate of drug-likeness (QED) is 0.353. The van der Waals surface area contributed by atoms with Crippen molar-refractivity contribution in [1.82, 2.24) is 15.4 Å². The highest BCUT2D eigenvalue weighted by molar-refractivity contribution is 5.86. The van der Waals surface area contributed by atoms with Crippen molar-refractivity contribution >= 4 is 12.0 Å². The van der Waals surface area contributed by atoms with Crippen LogP contribution in [0.2, 0.25) is 0 Å². The fourth-order valence-electron chi connectivity index (χ4n) is 2.70. The number of nitrogens with zero attached hydrogens (tertiary/aromatic N) is 3. The van der Waals surface area contributed by atoms with E-state index in [1.807, 2.05) is 37.3 Å². The number of carbonyl (C=O) groups excluding carboxylic acids is 1. The summed E-state index contributed by atoms with van der Waals surface area (Å²) in [6.07, 6.45) is 2.80. The first-order valence-corrected chi connectivity index (χ1v) is 8.86. The first-order chi connectivity index (χ1) is 14.1. The molecule has 8 nitrogen and oxygen atoms in total. The second-order valence-electron chi connectivity index (χ2n) is 6.22. The number of aromatic nitrogens is 3. The molecule has 0 aliphatic rings. The Balaban J connectivity index is 1.45. The van der Waals surface area contributed by atoms with Crippen LogP contribution >= 0.6 is 0 Å². The molecular formula is C21H17N3O5. The van der Waals surface area contributed by atoms with E-state index < -0.39 is 5.97 Å². The van der Waals surface area contributed by atoms with E-state index in [4.69, 9.17) is 18.1 Å². The summed E-state index contributed by atoms with van der Waals surface area (Å²) in [7, 11) is 0. The lowest BCUT2D eigenvalue weighted by Gasteiger charge is -1.98. The largest absolute Gasteiger partial charge is 0.462 e. The molecular weight excluding hydrogens is 374 g/mol. The summed E-state index contributed by atoms with van der Waals surface area (Å²) in [4.78, 5) is 11.9. The minimum Gasteiger partial charge on any atom is -0.462 e. The fraction of sp³-hybridized carbons (Fsp3) is 0.143. The van der Waals surface area contributed by atoms with Gasteiger partial charge in [-0.1, -0.05) is 35.5 Å². The molecule has 4 aromatic rings. The monoisotopic (exact) mass is 391 g/mol. The van der Waals surface area contributed by atoms with Crippen LogP contribution in [0.25, 0.3) is 28.8 Å². The molecule has 0 saturated heterocycles. The van der Waals surface area contributed by atoms with Gasteiger partial charge < -0.3 is 18.1 Å². The SMILES string of the molecule is Cc1ccc(/C=C/C(=O)OCc2nnc(-c3c(-c4ccccc4)noc3C)o2)o1. The van der Waals surface area contributed by atoms with Crippen LogP contribution in [0.3, 0.4) is 0 Å². The highest BCUT2D eigenvalue weighted by Crippen LogP contribution is 2.33. The molecule has 0 bridgehead atoms. The zero-order chi connectivity index (χ0) is 20.2. The molecule has 0 N–H and O–H groups in total. The second-order valence-corrected chi connectivity index (χ2v) is 6.22. The van der Waals surface area contributed by atoms with E-state index in [2.05, 4.69) is 15.4 Å². The molecule has 29 heavy (non-hydrogen) atoms. The van der Waals surface area contributed by atoms with Crippen molar-refractivity contribution < 1.29 is 22.9 Å². The molecule has 8 heteroatoms. The Labute approximate surface area is 165 Å². The van der Waals surface area contributed by atoms with Gasteiger partial charge in [-0.15, -0.1) is 10.2 Å². The molecule has 146 valence electrons. The molecule has 0 aliphatic carbocycles. The van der Waals surface area contributed by atoms with Crippen molar-refractivity contribution in [1.29, 1.82) is 0 Å². The van der Waals surface area contributed by atoms with Crippen LogP contribution in [0.15, 0.2) is 61.9 Å². The number of benzene rings is 1. The van der Waals surface area contributed by atoms with Crippen LogP contribution in [0.4, 0.5) is 0 Å². The normalized spacial score (nSPS) is 11.2. The van der Waals surface area contributed by atoms with E-state index in [-0.39, 0.29) is 18.4 Å². The lowest BCUT2D eigenvalue weighted by Crippen LogP contribution is -2.00. The topological polar surface area (TPSA) is 104 Å². The van der Waals surface area contributed by atoms with Crippen molar-refractivity contribution in [3.8, 4) is 22.7 Å². The first-order valence-electron chi connectivity index (χ1n) is 8.86. The molecule has 4 rings (SSSR count). The summed E-state index contributed by atoms with van der Waals surface area (Å²) in [6.45, 7) is 3.43. The summed E-state index contributed by atoms with van der Waals surface area (Å²) in [5, 5.41) is 12.1. The van der Waals surface area contributed by atoms with E-state index >= 15 is 0 Å². The van der Waals surface area contributed by atoms with Gasteiger partial charge in [0.05, 0.1) is 0 Å². The van der Waals surface area contributed by atoms with Gasteiger partial charge >= 0.3 is 5.97 Å². The lowest BCUT2D eigenvalue weighted by molar-refractivity contribution is -0.139. The summed E-state index contributed by atoms with van der Waals surface area (Å²) in [5.74, 6) is 1.73. The zero-order valence-corrected chi connectivity index (χ0v) is 15.8. The molecule has 0 radical (unpaired) electrons. The molecule has 0 unspecified atom stereocenters. The van der Waals surface area contributed by atoms with Gasteiger partial charge in [-0.25, -0.2) is 4.79 Å². The molecule has 0 aliphatic heterocycles. The molecule has 0 saturated carbocycles. The molecule has 1 aromatic carbocycles. The summed E-state index contributed by atoms with van der Waals surface area (Å²) < 4.78 is 21.4. The molecule has 0 spiro atoms. The molecule has 0 fully saturated rings. The molecule has 0 atom stereocenters. The Morgan fingerprint density at radius 2 is 1.90 bits per heavy atom. The Hall–Kier alpha value is -3.94. The van der Waals surface area contributed by atoms with Gasteiger partial charge in [0.25, 0.3) is 11.8 Å². The summed E-state index contributed by atoms with van der Waals surface area (Å²) in [5.41, 5.74) is 2.07. The van der Waals surface area contributed by atoms with Crippen molar-refractivity contribution in [3.05, 3.63) is 71.7 Å². The first kappa shape index (κ1) is 18.4. The standard InChI is InChI=1S/C21H17N3O5/c1-13-8-9-16(27-13)10-11-18(25)26-12-17-22-23-21(28-17)19-14(2)29-24-20(19)15-6-4-3-5-7-15/h3-11H,12H2,1-2H3/b11-10+. The third-order valence-electron chi connectivity index (χ3n) is 4.07. The van der Waals surface area contributed by atoms with Crippen molar-refractivity contribution in [2.75, 3.05) is 0 Å². The van der Waals surface area contributed by atoms with Crippen molar-refractivity contribution in [3.63, 3.8) is 0 Å². The van der Waals surface area contributed by atoms with Crippen molar-refractivity contribution in [2.45, 2.75) is 20.5 Å². The smallest absolute Gasteiger partial charge is 0.331 e. The maximum atomic E-state index is 11.9. The lowest BCUT2D eigenvalue weighted by atomic mass is 10.1. The average molecular weight is 391 g/mol. The molecule has 0 amide bonds. The number of rotatable bonds is 6. The average Bonchev–Trinajstić information content (AvgIpc) is 3.45. The van der Waals surface area contributed by atoms with Crippen LogP contribution in [0.1, 0.15) is 23.2 Å². The van der Waals surface area contributed by atoms with E-state index in [1.54, 1.807) is 19.1 Å². The van der Waals surface area contributed by atoms with E-state index in [9.17, 15) is 4.79 Å². The van der Waals surface area contributed by atoms with Gasteiger partial charge in [-0.3, -0.25) is 0 Å². The van der Waals surface area contributed by atoms with E-state index in [0.29, 0.717) is 22.8 Å². The van der Waals surface area contributed by atoms with Gasteiger partial charge in [-0.05, 0) is 32.1 Å². The Kier molecular flexibility index (Phi) is 5.07. The molecule has 3 heterocycles. The highest BCUT2D eigenvalue weighted by atomic mass is 16.5. The predicted molar refractivity (Wildman–Crippen MR) is 102 cm³/mol. The van der Waals surface area contributed by atoms with Crippen LogP contribution < -0.4 is 0 Å². The predicted octanol–water partition coefficient (Wildman–Crippen LogP) is 4.36. The maximum absolute atomic E-state index is 11.9. The number of carbonyl (C=O) groups is 1. The van der Waals surface area contributed by atoms with Crippen LogP contribution in [0, 0.1) is 13.8 Å². The highest BCUT2D eigenvalue weighted by Gasteiger charge is 2.22. The second kappa shape index (κ2) is 7.97. The number of esters is 1. The number of ether oxygens (including phenoxy) is 1. The number of hydrogen-bond donors (Lipinski definition) is 0. The molecule has 3 aromatic heterocycles. The van der Waals surface area contributed by atoms with E-state index in [0.717, 1.165) is 11.3 Å². The Bertz CT molecular complexity index is 1150. The summed E-state index contributed by atoms with van der Waals surface area (Å²) >= 11 is 0. The van der Waals surface area contributed by atoms with Crippen LogP contribution in [-0.2, 0) is 16.1 Å². The Morgan fingerprint density at radius 1 is 1.07 bits per heavy atom. The van der Waals surface area contributed by atoms with Crippen LogP contribution in [-0.4, -0.2) is 21.3 Å². The fourth-order valence-corrected chi connectivity index (χ4v) is 2.70. The Morgan fingerprint density at radius 3 is 2.66 bits per heavy atom. The van der Waals surface area contributed by atoms with Gasteiger partial charge in [-0.2, -0.15) is 0 Å². The van der Waals surface area contributed by atoms with E-state index in [1.165, 1.54) is 12.2 Å². The number of furan rings is 1. The van der Waals surface area contributed by atoms with Gasteiger partial charge in [0.15, 0.2) is 6.61 Å². The number of aryl methyl sites for hydroxylation is 2. The minimum atomic E-state index is -0.551. The third-order valence-corrected chi connectivity index (χ3v) is 4.07. The van der Waals surface area contributed by atoms with Gasteiger partial charge in [0.1, 0.15) is 28.5 Å². The van der Waals surface area contributed by atoms with Crippen molar-refractivity contribution in [2.24, 2.45) is 0 Å². The number of hydrogen-bond acceptors (Lipinski definition) is 8.